The van der Waals surface area contributed by atoms with Gasteiger partial charge in [-0.05, 0) is 47.9 Å². The molecule has 0 unspecified atom stereocenters. The first kappa shape index (κ1) is 15.9. The topological polar surface area (TPSA) is 58.2 Å². The zero-order chi connectivity index (χ0) is 17.2. The fourth-order valence-electron chi connectivity index (χ4n) is 4.10. The number of rotatable bonds is 3. The van der Waals surface area contributed by atoms with Crippen LogP contribution in [0.25, 0.3) is 11.1 Å². The molecule has 2 aliphatic rings. The van der Waals surface area contributed by atoms with Crippen molar-refractivity contribution in [1.82, 2.24) is 10.9 Å². The lowest BCUT2D eigenvalue weighted by molar-refractivity contribution is -0.123. The molecule has 0 aliphatic heterocycles. The van der Waals surface area contributed by atoms with Crippen molar-refractivity contribution >= 4 is 11.8 Å². The Morgan fingerprint density at radius 3 is 2.00 bits per heavy atom. The fraction of sp³-hybridized carbons (Fsp3) is 0.333. The first-order valence-corrected chi connectivity index (χ1v) is 9.00. The lowest BCUT2D eigenvalue weighted by atomic mass is 10.0. The van der Waals surface area contributed by atoms with E-state index in [0.717, 1.165) is 24.0 Å². The highest BCUT2D eigenvalue weighted by Crippen LogP contribution is 2.55. The summed E-state index contributed by atoms with van der Waals surface area (Å²) in [5.74, 6) is 0.859. The van der Waals surface area contributed by atoms with Crippen molar-refractivity contribution in [2.45, 2.75) is 25.7 Å². The Morgan fingerprint density at radius 2 is 1.36 bits per heavy atom. The predicted octanol–water partition coefficient (Wildman–Crippen LogP) is 3.55. The Balaban J connectivity index is 1.33. The second-order valence-corrected chi connectivity index (χ2v) is 7.02. The van der Waals surface area contributed by atoms with Crippen molar-refractivity contribution in [2.24, 2.45) is 17.8 Å². The maximum Gasteiger partial charge on any atom is 0.269 e. The molecule has 0 saturated heterocycles. The van der Waals surface area contributed by atoms with Crippen LogP contribution in [0.1, 0.15) is 36.0 Å². The Morgan fingerprint density at radius 1 is 0.760 bits per heavy atom. The quantitative estimate of drug-likeness (QED) is 0.843. The number of fused-ring (bicyclic) bond motifs is 1. The molecule has 0 aromatic heterocycles. The molecule has 2 amide bonds. The monoisotopic (exact) mass is 334 g/mol. The van der Waals surface area contributed by atoms with E-state index < -0.39 is 0 Å². The molecule has 4 rings (SSSR count). The van der Waals surface area contributed by atoms with Crippen molar-refractivity contribution in [1.29, 1.82) is 0 Å². The SMILES string of the molecule is O=C(NNC(=O)C1[C@H]2CCCC[C@H]12)c1ccc(-c2ccccc2)cc1. The highest BCUT2D eigenvalue weighted by atomic mass is 16.2. The van der Waals surface area contributed by atoms with E-state index in [1.165, 1.54) is 12.8 Å². The summed E-state index contributed by atoms with van der Waals surface area (Å²) in [6.45, 7) is 0. The third kappa shape index (κ3) is 3.29. The highest BCUT2D eigenvalue weighted by Gasteiger charge is 2.54. The van der Waals surface area contributed by atoms with Gasteiger partial charge in [-0.2, -0.15) is 0 Å². The summed E-state index contributed by atoms with van der Waals surface area (Å²) in [6, 6.07) is 17.4. The van der Waals surface area contributed by atoms with Crippen LogP contribution < -0.4 is 10.9 Å². The first-order valence-electron chi connectivity index (χ1n) is 9.00. The minimum absolute atomic E-state index is 0.0360. The molecule has 2 fully saturated rings. The summed E-state index contributed by atoms with van der Waals surface area (Å²) >= 11 is 0. The molecule has 0 bridgehead atoms. The van der Waals surface area contributed by atoms with Crippen LogP contribution in [0.2, 0.25) is 0 Å². The van der Waals surface area contributed by atoms with Gasteiger partial charge < -0.3 is 0 Å². The molecule has 4 heteroatoms. The van der Waals surface area contributed by atoms with Gasteiger partial charge in [-0.25, -0.2) is 0 Å². The number of carbonyl (C=O) groups is 2. The van der Waals surface area contributed by atoms with Crippen LogP contribution in [0.4, 0.5) is 0 Å². The van der Waals surface area contributed by atoms with Crippen LogP contribution in [0.3, 0.4) is 0 Å². The molecule has 2 N–H and O–H groups in total. The van der Waals surface area contributed by atoms with Gasteiger partial charge in [-0.15, -0.1) is 0 Å². The fourth-order valence-corrected chi connectivity index (χ4v) is 4.10. The Labute approximate surface area is 147 Å². The van der Waals surface area contributed by atoms with E-state index in [1.807, 2.05) is 42.5 Å². The van der Waals surface area contributed by atoms with E-state index >= 15 is 0 Å². The van der Waals surface area contributed by atoms with Crippen LogP contribution in [0.5, 0.6) is 0 Å². The van der Waals surface area contributed by atoms with Gasteiger partial charge in [0, 0.05) is 11.5 Å². The minimum atomic E-state index is -0.281. The van der Waals surface area contributed by atoms with Gasteiger partial charge in [0.2, 0.25) is 5.91 Å². The number of hydrogen-bond acceptors (Lipinski definition) is 2. The van der Waals surface area contributed by atoms with Gasteiger partial charge in [0.25, 0.3) is 5.91 Å². The Kier molecular flexibility index (Phi) is 4.26. The molecular formula is C21H22N2O2. The summed E-state index contributed by atoms with van der Waals surface area (Å²) in [4.78, 5) is 24.4. The van der Waals surface area contributed by atoms with Gasteiger partial charge in [0.1, 0.15) is 0 Å². The molecule has 0 spiro atoms. The van der Waals surface area contributed by atoms with Crippen molar-refractivity contribution in [3.8, 4) is 11.1 Å². The van der Waals surface area contributed by atoms with Gasteiger partial charge in [-0.3, -0.25) is 20.4 Å². The first-order chi connectivity index (χ1) is 12.2. The molecule has 25 heavy (non-hydrogen) atoms. The number of benzene rings is 2. The normalized spacial score (nSPS) is 24.1. The smallest absolute Gasteiger partial charge is 0.269 e. The predicted molar refractivity (Wildman–Crippen MR) is 96.4 cm³/mol. The number of nitrogens with one attached hydrogen (secondary N) is 2. The number of hydrogen-bond donors (Lipinski definition) is 2. The third-order valence-corrected chi connectivity index (χ3v) is 5.51. The number of amides is 2. The maximum atomic E-state index is 12.2. The highest BCUT2D eigenvalue weighted by molar-refractivity contribution is 5.96. The van der Waals surface area contributed by atoms with Gasteiger partial charge in [-0.1, -0.05) is 55.3 Å². The molecule has 128 valence electrons. The van der Waals surface area contributed by atoms with Crippen LogP contribution in [-0.2, 0) is 4.79 Å². The molecule has 2 saturated carbocycles. The molecule has 2 aliphatic carbocycles. The van der Waals surface area contributed by atoms with Crippen molar-refractivity contribution in [2.75, 3.05) is 0 Å². The summed E-state index contributed by atoms with van der Waals surface area (Å²) in [5, 5.41) is 0. The van der Waals surface area contributed by atoms with Crippen molar-refractivity contribution in [3.63, 3.8) is 0 Å². The van der Waals surface area contributed by atoms with Crippen molar-refractivity contribution in [3.05, 3.63) is 60.2 Å². The molecule has 2 aromatic carbocycles. The van der Waals surface area contributed by atoms with E-state index in [0.29, 0.717) is 17.4 Å². The lowest BCUT2D eigenvalue weighted by Gasteiger charge is -2.08. The zero-order valence-electron chi connectivity index (χ0n) is 14.1. The largest absolute Gasteiger partial charge is 0.273 e. The second kappa shape index (κ2) is 6.71. The van der Waals surface area contributed by atoms with Gasteiger partial charge >= 0.3 is 0 Å². The Bertz CT molecular complexity index is 758. The van der Waals surface area contributed by atoms with E-state index in [1.54, 1.807) is 12.1 Å². The third-order valence-electron chi connectivity index (χ3n) is 5.51. The van der Waals surface area contributed by atoms with Crippen molar-refractivity contribution < 1.29 is 9.59 Å². The minimum Gasteiger partial charge on any atom is -0.273 e. The van der Waals surface area contributed by atoms with E-state index in [9.17, 15) is 9.59 Å². The van der Waals surface area contributed by atoms with Crippen LogP contribution in [0, 0.1) is 17.8 Å². The van der Waals surface area contributed by atoms with Crippen LogP contribution >= 0.6 is 0 Å². The zero-order valence-corrected chi connectivity index (χ0v) is 14.1. The average molecular weight is 334 g/mol. The summed E-state index contributed by atoms with van der Waals surface area (Å²) in [7, 11) is 0. The summed E-state index contributed by atoms with van der Waals surface area (Å²) in [5.41, 5.74) is 7.86. The standard InChI is InChI=1S/C21H22N2O2/c24-20(22-23-21(25)19-17-8-4-5-9-18(17)19)16-12-10-15(11-13-16)14-6-2-1-3-7-14/h1-3,6-7,10-13,17-19H,4-5,8-9H2,(H,22,24)(H,23,25)/t17-,18-/m0/s1. The van der Waals surface area contributed by atoms with Gasteiger partial charge in [0.05, 0.1) is 0 Å². The second-order valence-electron chi connectivity index (χ2n) is 7.02. The average Bonchev–Trinajstić information content (AvgIpc) is 3.41. The number of hydrazine groups is 1. The van der Waals surface area contributed by atoms with Crippen LogP contribution in [-0.4, -0.2) is 11.8 Å². The summed E-state index contributed by atoms with van der Waals surface area (Å²) in [6.07, 6.45) is 4.76. The van der Waals surface area contributed by atoms with E-state index in [2.05, 4.69) is 10.9 Å². The van der Waals surface area contributed by atoms with Gasteiger partial charge in [0.15, 0.2) is 0 Å². The van der Waals surface area contributed by atoms with E-state index in [-0.39, 0.29) is 17.7 Å². The van der Waals surface area contributed by atoms with E-state index in [4.69, 9.17) is 0 Å². The molecule has 0 heterocycles. The molecule has 4 nitrogen and oxygen atoms in total. The summed E-state index contributed by atoms with van der Waals surface area (Å²) < 4.78 is 0. The maximum absolute atomic E-state index is 12.2. The lowest BCUT2D eigenvalue weighted by Crippen LogP contribution is -2.42. The molecule has 0 radical (unpaired) electrons. The van der Waals surface area contributed by atoms with Crippen LogP contribution in [0.15, 0.2) is 54.6 Å². The molecule has 2 atom stereocenters. The molecule has 2 aromatic rings. The Hall–Kier alpha value is -2.62. The molecular weight excluding hydrogens is 312 g/mol. The number of carbonyl (C=O) groups excluding carboxylic acids is 2.